The van der Waals surface area contributed by atoms with Gasteiger partial charge in [0.25, 0.3) is 0 Å². The Morgan fingerprint density at radius 2 is 1.76 bits per heavy atom. The van der Waals surface area contributed by atoms with Crippen LogP contribution in [0.5, 0.6) is 5.75 Å². The normalized spacial score (nSPS) is 16.2. The lowest BCUT2D eigenvalue weighted by Gasteiger charge is -2.36. The van der Waals surface area contributed by atoms with Gasteiger partial charge in [-0.2, -0.15) is 0 Å². The molecule has 3 aromatic carbocycles. The van der Waals surface area contributed by atoms with Crippen molar-refractivity contribution in [1.82, 2.24) is 4.90 Å². The quantitative estimate of drug-likeness (QED) is 0.142. The van der Waals surface area contributed by atoms with Crippen molar-refractivity contribution in [1.29, 1.82) is 0 Å². The molecule has 1 aliphatic heterocycles. The maximum absolute atomic E-state index is 13.0. The third-order valence-corrected chi connectivity index (χ3v) is 7.55. The molecule has 1 aliphatic rings. The molecule has 218 valence electrons. The average molecular weight is 558 g/mol. The fourth-order valence-electron chi connectivity index (χ4n) is 5.42. The van der Waals surface area contributed by atoms with Crippen molar-refractivity contribution in [2.75, 3.05) is 19.8 Å². The highest BCUT2D eigenvalue weighted by atomic mass is 19.1. The van der Waals surface area contributed by atoms with Gasteiger partial charge in [0, 0.05) is 18.5 Å². The number of esters is 1. The maximum Gasteiger partial charge on any atom is 0.323 e. The third kappa shape index (κ3) is 8.29. The average Bonchev–Trinajstić information content (AvgIpc) is 2.94. The number of hydrogen-bond donors (Lipinski definition) is 0. The number of carbonyl (C=O) groups excluding carboxylic acids is 1. The second kappa shape index (κ2) is 14.0. The van der Waals surface area contributed by atoms with Crippen molar-refractivity contribution in [2.45, 2.75) is 78.5 Å². The number of alkyl halides is 1. The van der Waals surface area contributed by atoms with Gasteiger partial charge in [-0.3, -0.25) is 14.1 Å². The van der Waals surface area contributed by atoms with E-state index in [-0.39, 0.29) is 12.0 Å². The molecule has 4 nitrogen and oxygen atoms in total. The molecule has 0 amide bonds. The fraction of sp³-hybridized carbons (Fsp3) is 0.417. The zero-order chi connectivity index (χ0) is 29.4. The number of benzene rings is 3. The van der Waals surface area contributed by atoms with Crippen LogP contribution < -0.4 is 4.74 Å². The Balaban J connectivity index is 1.61. The Bertz CT molecular complexity index is 1340. The molecule has 0 saturated carbocycles. The highest BCUT2D eigenvalue weighted by Gasteiger charge is 2.33. The van der Waals surface area contributed by atoms with Crippen LogP contribution in [-0.2, 0) is 16.1 Å². The largest absolute Gasteiger partial charge is 0.493 e. The van der Waals surface area contributed by atoms with Gasteiger partial charge in [-0.1, -0.05) is 73.2 Å². The Hall–Kier alpha value is -3.44. The molecular weight excluding hydrogens is 513 g/mol. The standard InChI is InChI=1S/C36H44FNO3/c1-26-23-31(25-38-21-10-9-17-33(38)35(39)41-36(3,4)5)34(40-22-12-20-37)24-30(26)19-18-28-15-11-16-32(27(28)2)29-13-7-6-8-14-29/h6-8,11,13-16,18-19,23-24,33H,9-10,12,17,20-22,25H2,1-5H3/b19-18+/t33-/m0/s1. The van der Waals surface area contributed by atoms with Gasteiger partial charge in [0.1, 0.15) is 17.4 Å². The molecule has 41 heavy (non-hydrogen) atoms. The van der Waals surface area contributed by atoms with E-state index in [1.807, 2.05) is 26.8 Å². The number of halogens is 1. The number of nitrogens with zero attached hydrogens (tertiary/aromatic N) is 1. The summed E-state index contributed by atoms with van der Waals surface area (Å²) in [7, 11) is 0. The molecule has 5 heteroatoms. The third-order valence-electron chi connectivity index (χ3n) is 7.55. The Labute approximate surface area is 245 Å². The molecule has 0 bridgehead atoms. The van der Waals surface area contributed by atoms with Crippen LogP contribution >= 0.6 is 0 Å². The lowest BCUT2D eigenvalue weighted by molar-refractivity contribution is -0.163. The number of likely N-dealkylation sites (tertiary alicyclic amines) is 1. The van der Waals surface area contributed by atoms with Crippen LogP contribution in [0.15, 0.2) is 60.7 Å². The summed E-state index contributed by atoms with van der Waals surface area (Å²) >= 11 is 0. The molecule has 0 N–H and O–H groups in total. The van der Waals surface area contributed by atoms with E-state index in [4.69, 9.17) is 9.47 Å². The molecule has 4 rings (SSSR count). The van der Waals surface area contributed by atoms with E-state index in [1.165, 1.54) is 16.7 Å². The number of piperidine rings is 1. The zero-order valence-electron chi connectivity index (χ0n) is 25.2. The summed E-state index contributed by atoms with van der Waals surface area (Å²) in [5, 5.41) is 0. The van der Waals surface area contributed by atoms with E-state index < -0.39 is 12.3 Å². The highest BCUT2D eigenvalue weighted by Crippen LogP contribution is 2.31. The highest BCUT2D eigenvalue weighted by molar-refractivity contribution is 5.78. The van der Waals surface area contributed by atoms with Gasteiger partial charge in [-0.25, -0.2) is 0 Å². The molecule has 0 unspecified atom stereocenters. The number of ether oxygens (including phenoxy) is 2. The molecule has 1 fully saturated rings. The smallest absolute Gasteiger partial charge is 0.323 e. The van der Waals surface area contributed by atoms with Crippen LogP contribution in [0, 0.1) is 13.8 Å². The van der Waals surface area contributed by atoms with Crippen molar-refractivity contribution in [2.24, 2.45) is 0 Å². The fourth-order valence-corrected chi connectivity index (χ4v) is 5.42. The monoisotopic (exact) mass is 557 g/mol. The van der Waals surface area contributed by atoms with E-state index >= 15 is 0 Å². The van der Waals surface area contributed by atoms with E-state index in [2.05, 4.69) is 85.5 Å². The summed E-state index contributed by atoms with van der Waals surface area (Å²) in [6.07, 6.45) is 7.45. The summed E-state index contributed by atoms with van der Waals surface area (Å²) in [5.41, 5.74) is 7.46. The maximum atomic E-state index is 13.0. The Morgan fingerprint density at radius 1 is 1.00 bits per heavy atom. The lowest BCUT2D eigenvalue weighted by atomic mass is 9.95. The minimum atomic E-state index is -0.523. The van der Waals surface area contributed by atoms with Crippen LogP contribution in [0.25, 0.3) is 23.3 Å². The van der Waals surface area contributed by atoms with E-state index in [9.17, 15) is 9.18 Å². The second-order valence-corrected chi connectivity index (χ2v) is 11.9. The first-order valence-electron chi connectivity index (χ1n) is 14.8. The summed E-state index contributed by atoms with van der Waals surface area (Å²) < 4.78 is 24.8. The first-order chi connectivity index (χ1) is 19.7. The number of carbonyl (C=O) groups is 1. The SMILES string of the molecule is Cc1cc(CN2CCCC[C@H]2C(=O)OC(C)(C)C)c(OCCCF)cc1/C=C/c1cccc(-c2ccccc2)c1C. The minimum Gasteiger partial charge on any atom is -0.493 e. The van der Waals surface area contributed by atoms with Gasteiger partial charge in [-0.05, 0) is 93.5 Å². The summed E-state index contributed by atoms with van der Waals surface area (Å²) in [5.74, 6) is 0.577. The van der Waals surface area contributed by atoms with Crippen LogP contribution in [0.4, 0.5) is 4.39 Å². The predicted octanol–water partition coefficient (Wildman–Crippen LogP) is 8.58. The topological polar surface area (TPSA) is 38.8 Å². The first-order valence-corrected chi connectivity index (χ1v) is 14.8. The van der Waals surface area contributed by atoms with Crippen molar-refractivity contribution in [3.63, 3.8) is 0 Å². The number of aryl methyl sites for hydroxylation is 1. The number of hydrogen-bond acceptors (Lipinski definition) is 4. The van der Waals surface area contributed by atoms with Gasteiger partial charge >= 0.3 is 5.97 Å². The number of rotatable bonds is 10. The first kappa shape index (κ1) is 30.5. The molecular formula is C36H44FNO3. The summed E-state index contributed by atoms with van der Waals surface area (Å²) in [6.45, 7) is 11.3. The van der Waals surface area contributed by atoms with Crippen molar-refractivity contribution >= 4 is 18.1 Å². The van der Waals surface area contributed by atoms with Gasteiger partial charge in [0.05, 0.1) is 13.3 Å². The Kier molecular flexibility index (Phi) is 10.4. The van der Waals surface area contributed by atoms with Crippen molar-refractivity contribution in [3.05, 3.63) is 88.5 Å². The lowest BCUT2D eigenvalue weighted by Crippen LogP contribution is -2.46. The molecule has 1 saturated heterocycles. The van der Waals surface area contributed by atoms with Crippen LogP contribution in [0.1, 0.15) is 74.3 Å². The molecule has 1 atom stereocenters. The Morgan fingerprint density at radius 3 is 2.49 bits per heavy atom. The van der Waals surface area contributed by atoms with Crippen LogP contribution in [-0.4, -0.2) is 42.3 Å². The van der Waals surface area contributed by atoms with Gasteiger partial charge in [0.2, 0.25) is 0 Å². The van der Waals surface area contributed by atoms with Gasteiger partial charge in [-0.15, -0.1) is 0 Å². The summed E-state index contributed by atoms with van der Waals surface area (Å²) in [6, 6.07) is 20.7. The molecule has 1 heterocycles. The van der Waals surface area contributed by atoms with E-state index in [1.54, 1.807) is 0 Å². The molecule has 0 spiro atoms. The van der Waals surface area contributed by atoms with Crippen molar-refractivity contribution < 1.29 is 18.7 Å². The van der Waals surface area contributed by atoms with Gasteiger partial charge < -0.3 is 9.47 Å². The van der Waals surface area contributed by atoms with E-state index in [0.29, 0.717) is 19.6 Å². The molecule has 0 radical (unpaired) electrons. The van der Waals surface area contributed by atoms with Crippen LogP contribution in [0.2, 0.25) is 0 Å². The molecule has 3 aromatic rings. The van der Waals surface area contributed by atoms with Gasteiger partial charge in [0.15, 0.2) is 0 Å². The summed E-state index contributed by atoms with van der Waals surface area (Å²) in [4.78, 5) is 15.3. The molecule has 0 aliphatic carbocycles. The second-order valence-electron chi connectivity index (χ2n) is 11.9. The zero-order valence-corrected chi connectivity index (χ0v) is 25.2. The minimum absolute atomic E-state index is 0.165. The predicted molar refractivity (Wildman–Crippen MR) is 167 cm³/mol. The molecule has 0 aromatic heterocycles. The van der Waals surface area contributed by atoms with Crippen molar-refractivity contribution in [3.8, 4) is 16.9 Å². The van der Waals surface area contributed by atoms with Crippen LogP contribution in [0.3, 0.4) is 0 Å². The van der Waals surface area contributed by atoms with E-state index in [0.717, 1.165) is 53.8 Å².